The molecule has 0 aromatic carbocycles. The molecule has 0 spiro atoms. The van der Waals surface area contributed by atoms with Gasteiger partial charge in [0.2, 0.25) is 0 Å². The first-order chi connectivity index (χ1) is 10.5. The van der Waals surface area contributed by atoms with Gasteiger partial charge in [0.25, 0.3) is 0 Å². The van der Waals surface area contributed by atoms with Crippen LogP contribution in [0, 0.1) is 11.8 Å². The van der Waals surface area contributed by atoms with Crippen molar-refractivity contribution in [2.24, 2.45) is 33.7 Å². The van der Waals surface area contributed by atoms with Crippen LogP contribution >= 0.6 is 0 Å². The Morgan fingerprint density at radius 1 is 0.909 bits per heavy atom. The minimum atomic E-state index is -0.820. The lowest BCUT2D eigenvalue weighted by molar-refractivity contribution is 0.0549. The maximum absolute atomic E-state index is 11.3. The lowest BCUT2D eigenvalue weighted by atomic mass is 9.99. The molecule has 10 nitrogen and oxygen atoms in total. The van der Waals surface area contributed by atoms with Crippen molar-refractivity contribution in [2.45, 2.75) is 25.0 Å². The number of methoxy groups -OCH3 is 2. The maximum Gasteiger partial charge on any atom is 0.508 e. The van der Waals surface area contributed by atoms with Crippen molar-refractivity contribution >= 4 is 23.7 Å². The van der Waals surface area contributed by atoms with Crippen LogP contribution in [0.1, 0.15) is 12.8 Å². The van der Waals surface area contributed by atoms with Gasteiger partial charge in [-0.25, -0.2) is 9.59 Å². The van der Waals surface area contributed by atoms with Gasteiger partial charge in [-0.05, 0) is 12.8 Å². The van der Waals surface area contributed by atoms with E-state index in [1.54, 1.807) is 0 Å². The van der Waals surface area contributed by atoms with E-state index in [-0.39, 0.29) is 11.8 Å². The number of ether oxygens (including phenoxy) is 4. The molecule has 4 atom stereocenters. The van der Waals surface area contributed by atoms with E-state index in [0.717, 1.165) is 0 Å². The zero-order valence-corrected chi connectivity index (χ0v) is 12.2. The fraction of sp³-hybridized carbons (Fsp3) is 0.667. The summed E-state index contributed by atoms with van der Waals surface area (Å²) in [7, 11) is 2.43. The van der Waals surface area contributed by atoms with Gasteiger partial charge < -0.3 is 30.6 Å². The second-order valence-electron chi connectivity index (χ2n) is 4.91. The highest BCUT2D eigenvalue weighted by atomic mass is 16.7. The van der Waals surface area contributed by atoms with Crippen molar-refractivity contribution in [3.8, 4) is 0 Å². The number of hydrazone groups is 2. The molecule has 10 heteroatoms. The largest absolute Gasteiger partial charge is 0.508 e. The van der Waals surface area contributed by atoms with Crippen molar-refractivity contribution in [3.63, 3.8) is 0 Å². The first kappa shape index (κ1) is 15.9. The van der Waals surface area contributed by atoms with Gasteiger partial charge in [-0.1, -0.05) is 0 Å². The van der Waals surface area contributed by atoms with Gasteiger partial charge in [0.05, 0.1) is 25.6 Å². The monoisotopic (exact) mass is 314 g/mol. The average Bonchev–Trinajstić information content (AvgIpc) is 3.00. The van der Waals surface area contributed by atoms with E-state index in [2.05, 4.69) is 19.7 Å². The van der Waals surface area contributed by atoms with Crippen LogP contribution in [0.4, 0.5) is 9.59 Å². The van der Waals surface area contributed by atoms with Gasteiger partial charge in [-0.3, -0.25) is 0 Å². The molecule has 2 aliphatic carbocycles. The van der Waals surface area contributed by atoms with E-state index >= 15 is 0 Å². The Labute approximate surface area is 126 Å². The normalized spacial score (nSPS) is 33.5. The highest BCUT2D eigenvalue weighted by Gasteiger charge is 2.53. The van der Waals surface area contributed by atoms with E-state index in [1.807, 2.05) is 0 Å². The van der Waals surface area contributed by atoms with Crippen LogP contribution in [-0.2, 0) is 18.9 Å². The number of hydrogen-bond donors (Lipinski definition) is 2. The summed E-state index contributed by atoms with van der Waals surface area (Å²) in [5.74, 6) is 10.5. The smallest absolute Gasteiger partial charge is 0.438 e. The summed E-state index contributed by atoms with van der Waals surface area (Å²) in [5, 5.41) is 7.44. The van der Waals surface area contributed by atoms with Crippen molar-refractivity contribution in [3.05, 3.63) is 0 Å². The first-order valence-electron chi connectivity index (χ1n) is 6.60. The van der Waals surface area contributed by atoms with Crippen LogP contribution in [-0.4, -0.2) is 50.2 Å². The van der Waals surface area contributed by atoms with Gasteiger partial charge >= 0.3 is 12.3 Å². The van der Waals surface area contributed by atoms with Crippen LogP contribution in [0.3, 0.4) is 0 Å². The van der Waals surface area contributed by atoms with Gasteiger partial charge in [-0.2, -0.15) is 10.2 Å². The summed E-state index contributed by atoms with van der Waals surface area (Å²) in [6.45, 7) is 0. The van der Waals surface area contributed by atoms with Gasteiger partial charge in [-0.15, -0.1) is 0 Å². The lowest BCUT2D eigenvalue weighted by Gasteiger charge is -2.17. The highest BCUT2D eigenvalue weighted by molar-refractivity contribution is 6.05. The number of carbonyl (C=O) groups excluding carboxylic acids is 2. The molecule has 0 aliphatic heterocycles. The molecule has 2 rings (SSSR count). The molecular weight excluding hydrogens is 296 g/mol. The summed E-state index contributed by atoms with van der Waals surface area (Å²) in [6.07, 6.45) is -2.06. The van der Waals surface area contributed by atoms with Gasteiger partial charge in [0.1, 0.15) is 12.2 Å². The van der Waals surface area contributed by atoms with Crippen LogP contribution in [0.25, 0.3) is 0 Å². The van der Waals surface area contributed by atoms with E-state index in [0.29, 0.717) is 24.3 Å². The maximum atomic E-state index is 11.3. The van der Waals surface area contributed by atoms with E-state index < -0.39 is 24.5 Å². The Kier molecular flexibility index (Phi) is 4.68. The van der Waals surface area contributed by atoms with Crippen LogP contribution < -0.4 is 11.7 Å². The Hall–Kier alpha value is -2.52. The molecule has 0 saturated heterocycles. The molecule has 2 fully saturated rings. The molecule has 0 heterocycles. The lowest BCUT2D eigenvalue weighted by Crippen LogP contribution is -2.30. The number of fused-ring (bicyclic) bond motifs is 1. The summed E-state index contributed by atoms with van der Waals surface area (Å²) in [5.41, 5.74) is 0.986. The Balaban J connectivity index is 2.15. The molecule has 0 bridgehead atoms. The minimum absolute atomic E-state index is 0.170. The van der Waals surface area contributed by atoms with Gasteiger partial charge in [0, 0.05) is 11.8 Å². The van der Waals surface area contributed by atoms with E-state index in [9.17, 15) is 9.59 Å². The minimum Gasteiger partial charge on any atom is -0.438 e. The molecule has 2 aliphatic rings. The summed E-state index contributed by atoms with van der Waals surface area (Å²) in [4.78, 5) is 22.5. The van der Waals surface area contributed by atoms with Crippen molar-refractivity contribution in [1.29, 1.82) is 0 Å². The number of carbonyl (C=O) groups is 2. The van der Waals surface area contributed by atoms with Gasteiger partial charge in [0.15, 0.2) is 0 Å². The molecule has 0 radical (unpaired) electrons. The number of rotatable bonds is 2. The topological polar surface area (TPSA) is 148 Å². The molecule has 4 N–H and O–H groups in total. The van der Waals surface area contributed by atoms with Crippen molar-refractivity contribution in [1.82, 2.24) is 0 Å². The third-order valence-corrected chi connectivity index (χ3v) is 3.95. The Morgan fingerprint density at radius 2 is 1.27 bits per heavy atom. The molecule has 0 aromatic rings. The predicted octanol–water partition coefficient (Wildman–Crippen LogP) is -0.0412. The molecule has 0 unspecified atom stereocenters. The second-order valence-corrected chi connectivity index (χ2v) is 4.91. The second kappa shape index (κ2) is 6.50. The van der Waals surface area contributed by atoms with E-state index in [1.165, 1.54) is 14.2 Å². The third-order valence-electron chi connectivity index (χ3n) is 3.95. The quantitative estimate of drug-likeness (QED) is 0.409. The predicted molar refractivity (Wildman–Crippen MR) is 74.0 cm³/mol. The van der Waals surface area contributed by atoms with E-state index in [4.69, 9.17) is 21.2 Å². The van der Waals surface area contributed by atoms with Crippen LogP contribution in [0.5, 0.6) is 0 Å². The summed E-state index contributed by atoms with van der Waals surface area (Å²) < 4.78 is 19.2. The fourth-order valence-corrected chi connectivity index (χ4v) is 3.07. The third kappa shape index (κ3) is 2.76. The van der Waals surface area contributed by atoms with Crippen molar-refractivity contribution in [2.75, 3.05) is 14.2 Å². The standard InChI is InChI=1S/C12H18N4O6/c1-19-11(17)21-7-3-5-6(9(7)15-13)4-8(10(5)16-14)22-12(18)20-2/h5-8H,3-4,13-14H2,1-2H3/b15-9+,16-10+/t5-,6+,7+,8-. The molecule has 0 amide bonds. The number of nitrogens with two attached hydrogens (primary N) is 2. The number of hydrogen-bond acceptors (Lipinski definition) is 10. The summed E-state index contributed by atoms with van der Waals surface area (Å²) >= 11 is 0. The molecule has 122 valence electrons. The SMILES string of the molecule is COC(=O)O[C@H]1C[C@H]2/C(=N\N)[C@H](OC(=O)OC)C[C@@H]2/C1=N\N. The first-order valence-corrected chi connectivity index (χ1v) is 6.60. The van der Waals surface area contributed by atoms with Crippen LogP contribution in [0.2, 0.25) is 0 Å². The zero-order valence-electron chi connectivity index (χ0n) is 12.2. The zero-order chi connectivity index (χ0) is 16.3. The highest BCUT2D eigenvalue weighted by Crippen LogP contribution is 2.43. The molecule has 0 aromatic heterocycles. The number of nitrogens with zero attached hydrogens (tertiary/aromatic N) is 2. The fourth-order valence-electron chi connectivity index (χ4n) is 3.07. The average molecular weight is 314 g/mol. The molecule has 2 saturated carbocycles. The summed E-state index contributed by atoms with van der Waals surface area (Å²) in [6, 6.07) is 0. The van der Waals surface area contributed by atoms with Crippen LogP contribution in [0.15, 0.2) is 10.2 Å². The van der Waals surface area contributed by atoms with Crippen molar-refractivity contribution < 1.29 is 28.5 Å². The molecular formula is C12H18N4O6. The Morgan fingerprint density at radius 3 is 1.55 bits per heavy atom. The Bertz CT molecular complexity index is 474. The molecule has 22 heavy (non-hydrogen) atoms.